The maximum absolute atomic E-state index is 11.2. The second-order valence-electron chi connectivity index (χ2n) is 5.27. The van der Waals surface area contributed by atoms with Gasteiger partial charge in [0.2, 0.25) is 0 Å². The van der Waals surface area contributed by atoms with Crippen LogP contribution in [0.4, 0.5) is 0 Å². The number of allylic oxidation sites excluding steroid dienone is 1. The third-order valence-electron chi connectivity index (χ3n) is 4.05. The Balaban J connectivity index is 1.83. The molecule has 98 valence electrons. The van der Waals surface area contributed by atoms with Crippen molar-refractivity contribution in [2.24, 2.45) is 5.92 Å². The Morgan fingerprint density at radius 2 is 2.22 bits per heavy atom. The van der Waals surface area contributed by atoms with Gasteiger partial charge in [-0.3, -0.25) is 4.79 Å². The first-order valence-corrected chi connectivity index (χ1v) is 6.25. The van der Waals surface area contributed by atoms with E-state index in [4.69, 9.17) is 9.47 Å². The molecule has 1 aliphatic carbocycles. The minimum Gasteiger partial charge on any atom is -0.481 e. The predicted molar refractivity (Wildman–Crippen MR) is 63.3 cm³/mol. The van der Waals surface area contributed by atoms with Crippen molar-refractivity contribution in [3.8, 4) is 0 Å². The van der Waals surface area contributed by atoms with E-state index >= 15 is 0 Å². The van der Waals surface area contributed by atoms with Crippen LogP contribution in [0.2, 0.25) is 0 Å². The summed E-state index contributed by atoms with van der Waals surface area (Å²) in [6.07, 6.45) is 6.15. The smallest absolute Gasteiger partial charge is 0.308 e. The van der Waals surface area contributed by atoms with Gasteiger partial charge < -0.3 is 19.5 Å². The first kappa shape index (κ1) is 11.4. The zero-order chi connectivity index (χ0) is 12.8. The van der Waals surface area contributed by atoms with Crippen molar-refractivity contribution in [1.29, 1.82) is 0 Å². The van der Waals surface area contributed by atoms with Gasteiger partial charge in [0, 0.05) is 32.1 Å². The maximum Gasteiger partial charge on any atom is 0.308 e. The van der Waals surface area contributed by atoms with Crippen LogP contribution >= 0.6 is 0 Å². The second-order valence-corrected chi connectivity index (χ2v) is 5.27. The Bertz CT molecular complexity index is 432. The Hall–Kier alpha value is -1.65. The normalized spacial score (nSPS) is 28.9. The first-order chi connectivity index (χ1) is 8.60. The molecule has 5 nitrogen and oxygen atoms in total. The van der Waals surface area contributed by atoms with E-state index in [0.717, 1.165) is 12.8 Å². The van der Waals surface area contributed by atoms with Crippen molar-refractivity contribution in [2.45, 2.75) is 31.5 Å². The highest BCUT2D eigenvalue weighted by Crippen LogP contribution is 2.43. The second kappa shape index (κ2) is 3.93. The molecule has 1 atom stereocenters. The Morgan fingerprint density at radius 1 is 1.50 bits per heavy atom. The summed E-state index contributed by atoms with van der Waals surface area (Å²) in [5, 5.41) is 9.18. The predicted octanol–water partition coefficient (Wildman–Crippen LogP) is 1.67. The number of aliphatic carboxylic acids is 1. The molecule has 1 N–H and O–H groups in total. The fraction of sp³-hybridized carbons (Fsp3) is 0.615. The average Bonchev–Trinajstić information content (AvgIpc) is 2.76. The van der Waals surface area contributed by atoms with Gasteiger partial charge in [0.15, 0.2) is 0 Å². The first-order valence-electron chi connectivity index (χ1n) is 6.25. The molecular weight excluding hydrogens is 234 g/mol. The van der Waals surface area contributed by atoms with Gasteiger partial charge in [0.1, 0.15) is 12.5 Å². The summed E-state index contributed by atoms with van der Waals surface area (Å²) >= 11 is 0. The number of hydrogen-bond donors (Lipinski definition) is 1. The number of carboxylic acids is 1. The molecule has 0 bridgehead atoms. The molecule has 3 aliphatic rings. The molecule has 0 radical (unpaired) electrons. The highest BCUT2D eigenvalue weighted by molar-refractivity contribution is 5.71. The number of ether oxygens (including phenoxy) is 2. The molecule has 2 heterocycles. The van der Waals surface area contributed by atoms with Gasteiger partial charge in [-0.25, -0.2) is 0 Å². The van der Waals surface area contributed by atoms with Crippen molar-refractivity contribution >= 4 is 5.97 Å². The van der Waals surface area contributed by atoms with Crippen LogP contribution in [0, 0.1) is 5.92 Å². The van der Waals surface area contributed by atoms with Gasteiger partial charge in [-0.1, -0.05) is 0 Å². The van der Waals surface area contributed by atoms with Crippen molar-refractivity contribution in [2.75, 3.05) is 13.6 Å². The Morgan fingerprint density at radius 3 is 2.89 bits per heavy atom. The lowest BCUT2D eigenvalue weighted by molar-refractivity contribution is -0.153. The molecule has 0 saturated carbocycles. The SMILES string of the molecule is CN1CC(C(=O)O)CC2=C1CCC1(C2)OC=CO1. The fourth-order valence-electron chi connectivity index (χ4n) is 3.15. The number of rotatable bonds is 1. The third-order valence-corrected chi connectivity index (χ3v) is 4.05. The van der Waals surface area contributed by atoms with Crippen LogP contribution < -0.4 is 0 Å². The van der Waals surface area contributed by atoms with Gasteiger partial charge in [0.05, 0.1) is 5.92 Å². The van der Waals surface area contributed by atoms with Crippen LogP contribution in [-0.4, -0.2) is 35.4 Å². The summed E-state index contributed by atoms with van der Waals surface area (Å²) in [5.41, 5.74) is 2.45. The highest BCUT2D eigenvalue weighted by Gasteiger charge is 2.43. The molecule has 2 aliphatic heterocycles. The van der Waals surface area contributed by atoms with E-state index in [2.05, 4.69) is 4.90 Å². The minimum absolute atomic E-state index is 0.321. The zero-order valence-electron chi connectivity index (χ0n) is 10.4. The Kier molecular flexibility index (Phi) is 2.50. The van der Waals surface area contributed by atoms with E-state index in [0.29, 0.717) is 19.4 Å². The van der Waals surface area contributed by atoms with Gasteiger partial charge in [-0.2, -0.15) is 0 Å². The number of nitrogens with zero attached hydrogens (tertiary/aromatic N) is 1. The van der Waals surface area contributed by atoms with Crippen molar-refractivity contribution in [3.63, 3.8) is 0 Å². The summed E-state index contributed by atoms with van der Waals surface area (Å²) in [6, 6.07) is 0. The molecule has 5 heteroatoms. The lowest BCUT2D eigenvalue weighted by Crippen LogP contribution is -2.42. The molecule has 0 saturated heterocycles. The zero-order valence-corrected chi connectivity index (χ0v) is 10.4. The quantitative estimate of drug-likeness (QED) is 0.768. The molecule has 0 aromatic heterocycles. The molecule has 0 amide bonds. The largest absolute Gasteiger partial charge is 0.481 e. The van der Waals surface area contributed by atoms with Crippen LogP contribution in [0.3, 0.4) is 0 Å². The lowest BCUT2D eigenvalue weighted by Gasteiger charge is -2.41. The highest BCUT2D eigenvalue weighted by atomic mass is 16.7. The van der Waals surface area contributed by atoms with E-state index in [1.54, 1.807) is 12.5 Å². The van der Waals surface area contributed by atoms with Crippen LogP contribution in [0.1, 0.15) is 25.7 Å². The van der Waals surface area contributed by atoms with Crippen LogP contribution in [0.5, 0.6) is 0 Å². The lowest BCUT2D eigenvalue weighted by atomic mass is 9.82. The van der Waals surface area contributed by atoms with Gasteiger partial charge in [-0.05, 0) is 18.4 Å². The minimum atomic E-state index is -0.723. The molecule has 18 heavy (non-hydrogen) atoms. The summed E-state index contributed by atoms with van der Waals surface area (Å²) < 4.78 is 11.1. The van der Waals surface area contributed by atoms with Crippen molar-refractivity contribution < 1.29 is 19.4 Å². The van der Waals surface area contributed by atoms with Crippen molar-refractivity contribution in [1.82, 2.24) is 4.90 Å². The summed E-state index contributed by atoms with van der Waals surface area (Å²) in [4.78, 5) is 13.2. The van der Waals surface area contributed by atoms with E-state index < -0.39 is 11.8 Å². The van der Waals surface area contributed by atoms with Gasteiger partial charge in [-0.15, -0.1) is 0 Å². The molecule has 0 aromatic rings. The fourth-order valence-corrected chi connectivity index (χ4v) is 3.15. The van der Waals surface area contributed by atoms with Gasteiger partial charge >= 0.3 is 5.97 Å². The van der Waals surface area contributed by atoms with Gasteiger partial charge in [0.25, 0.3) is 5.79 Å². The van der Waals surface area contributed by atoms with Crippen LogP contribution in [0.15, 0.2) is 23.8 Å². The summed E-state index contributed by atoms with van der Waals surface area (Å²) in [5.74, 6) is -1.61. The Labute approximate surface area is 106 Å². The number of carboxylic acid groups (broad SMARTS) is 1. The number of hydrogen-bond acceptors (Lipinski definition) is 4. The topological polar surface area (TPSA) is 59.0 Å². The number of carbonyl (C=O) groups is 1. The van der Waals surface area contributed by atoms with Crippen LogP contribution in [-0.2, 0) is 14.3 Å². The molecule has 0 fully saturated rings. The average molecular weight is 251 g/mol. The summed E-state index contributed by atoms with van der Waals surface area (Å²) in [6.45, 7) is 0.598. The molecule has 1 unspecified atom stereocenters. The van der Waals surface area contributed by atoms with E-state index in [1.165, 1.54) is 11.3 Å². The monoisotopic (exact) mass is 251 g/mol. The molecule has 3 rings (SSSR count). The molecule has 1 spiro atoms. The molecular formula is C13H17NO4. The van der Waals surface area contributed by atoms with E-state index in [9.17, 15) is 9.90 Å². The standard InChI is InChI=1S/C13H17NO4/c1-14-8-10(12(15)16)6-9-7-13(3-2-11(9)14)17-4-5-18-13/h4-5,10H,2-3,6-8H2,1H3,(H,15,16). The van der Waals surface area contributed by atoms with E-state index in [1.807, 2.05) is 7.05 Å². The van der Waals surface area contributed by atoms with Crippen molar-refractivity contribution in [3.05, 3.63) is 23.8 Å². The van der Waals surface area contributed by atoms with E-state index in [-0.39, 0.29) is 5.92 Å². The summed E-state index contributed by atoms with van der Waals surface area (Å²) in [7, 11) is 1.97. The third kappa shape index (κ3) is 1.74. The van der Waals surface area contributed by atoms with Crippen LogP contribution in [0.25, 0.3) is 0 Å². The maximum atomic E-state index is 11.2. The molecule has 0 aromatic carbocycles.